The number of aromatic nitrogens is 1. The quantitative estimate of drug-likeness (QED) is 0.815. The van der Waals surface area contributed by atoms with Crippen molar-refractivity contribution in [3.8, 4) is 22.1 Å². The fraction of sp³-hybridized carbons (Fsp3) is 0.333. The van der Waals surface area contributed by atoms with Gasteiger partial charge >= 0.3 is 0 Å². The van der Waals surface area contributed by atoms with Gasteiger partial charge in [-0.05, 0) is 32.0 Å². The van der Waals surface area contributed by atoms with E-state index in [1.54, 1.807) is 12.5 Å². The normalized spacial score (nSPS) is 10.7. The van der Waals surface area contributed by atoms with Crippen LogP contribution in [0.25, 0.3) is 10.6 Å². The molecule has 0 amide bonds. The van der Waals surface area contributed by atoms with E-state index in [-0.39, 0.29) is 12.5 Å². The molecule has 5 nitrogen and oxygen atoms in total. The molecule has 0 atom stereocenters. The van der Waals surface area contributed by atoms with Crippen LogP contribution in [-0.4, -0.2) is 24.2 Å². The van der Waals surface area contributed by atoms with Crippen LogP contribution in [0.15, 0.2) is 23.6 Å². The van der Waals surface area contributed by atoms with Crippen LogP contribution in [0.1, 0.15) is 19.5 Å². The zero-order valence-corrected chi connectivity index (χ0v) is 12.9. The summed E-state index contributed by atoms with van der Waals surface area (Å²) < 4.78 is 11.0. The predicted molar refractivity (Wildman–Crippen MR) is 78.6 cm³/mol. The van der Waals surface area contributed by atoms with Gasteiger partial charge in [-0.3, -0.25) is 0 Å². The largest absolute Gasteiger partial charge is 0.550 e. The van der Waals surface area contributed by atoms with Gasteiger partial charge < -0.3 is 19.4 Å². The smallest absolute Gasteiger partial charge is 0.161 e. The molecule has 0 unspecified atom stereocenters. The molecular formula is C15H16NO4S-. The summed E-state index contributed by atoms with van der Waals surface area (Å²) in [6.07, 6.45) is -0.124. The first kappa shape index (κ1) is 15.3. The molecule has 0 aliphatic rings. The minimum atomic E-state index is -1.13. The number of nitrogens with zero attached hydrogens (tertiary/aromatic N) is 1. The van der Waals surface area contributed by atoms with Gasteiger partial charge in [0.05, 0.1) is 18.9 Å². The van der Waals surface area contributed by atoms with E-state index in [0.29, 0.717) is 17.2 Å². The highest BCUT2D eigenvalue weighted by Gasteiger charge is 2.11. The summed E-state index contributed by atoms with van der Waals surface area (Å²) in [6, 6.07) is 5.54. The monoisotopic (exact) mass is 306 g/mol. The Morgan fingerprint density at radius 3 is 2.76 bits per heavy atom. The van der Waals surface area contributed by atoms with E-state index in [9.17, 15) is 9.90 Å². The molecule has 0 radical (unpaired) electrons. The Balaban J connectivity index is 2.27. The van der Waals surface area contributed by atoms with Crippen LogP contribution >= 0.6 is 11.3 Å². The molecule has 6 heteroatoms. The van der Waals surface area contributed by atoms with Gasteiger partial charge in [0.1, 0.15) is 5.01 Å². The molecule has 21 heavy (non-hydrogen) atoms. The number of thiazole rings is 1. The molecule has 0 fully saturated rings. The van der Waals surface area contributed by atoms with Gasteiger partial charge in [0, 0.05) is 23.3 Å². The minimum Gasteiger partial charge on any atom is -0.550 e. The van der Waals surface area contributed by atoms with Gasteiger partial charge in [0.25, 0.3) is 0 Å². The number of carbonyl (C=O) groups excluding carboxylic acids is 1. The summed E-state index contributed by atoms with van der Waals surface area (Å²) in [5.41, 5.74) is 1.36. The summed E-state index contributed by atoms with van der Waals surface area (Å²) in [5, 5.41) is 13.0. The first-order valence-electron chi connectivity index (χ1n) is 6.49. The van der Waals surface area contributed by atoms with Crippen molar-refractivity contribution in [2.45, 2.75) is 26.4 Å². The van der Waals surface area contributed by atoms with Gasteiger partial charge in [-0.1, -0.05) is 0 Å². The average molecular weight is 306 g/mol. The number of carboxylic acid groups (broad SMARTS) is 1. The first-order valence-corrected chi connectivity index (χ1v) is 7.37. The molecular weight excluding hydrogens is 290 g/mol. The van der Waals surface area contributed by atoms with E-state index < -0.39 is 5.97 Å². The van der Waals surface area contributed by atoms with Crippen LogP contribution in [0.5, 0.6) is 11.5 Å². The lowest BCUT2D eigenvalue weighted by molar-refractivity contribution is -0.304. The minimum absolute atomic E-state index is 0.0549. The van der Waals surface area contributed by atoms with E-state index in [4.69, 9.17) is 9.47 Å². The molecule has 2 rings (SSSR count). The molecule has 0 bridgehead atoms. The van der Waals surface area contributed by atoms with Crippen LogP contribution in [0, 0.1) is 0 Å². The Hall–Kier alpha value is -2.08. The number of aliphatic carboxylic acids is 1. The summed E-state index contributed by atoms with van der Waals surface area (Å²) in [4.78, 5) is 14.9. The van der Waals surface area contributed by atoms with E-state index in [1.807, 2.05) is 32.0 Å². The predicted octanol–water partition coefficient (Wildman–Crippen LogP) is 1.90. The van der Waals surface area contributed by atoms with Crippen LogP contribution in [-0.2, 0) is 11.2 Å². The van der Waals surface area contributed by atoms with Crippen molar-refractivity contribution in [1.82, 2.24) is 4.98 Å². The van der Waals surface area contributed by atoms with E-state index in [0.717, 1.165) is 10.6 Å². The number of carboxylic acids is 1. The second-order valence-electron chi connectivity index (χ2n) is 4.73. The van der Waals surface area contributed by atoms with E-state index in [2.05, 4.69) is 4.98 Å². The highest BCUT2D eigenvalue weighted by atomic mass is 32.1. The Morgan fingerprint density at radius 2 is 2.14 bits per heavy atom. The van der Waals surface area contributed by atoms with Gasteiger partial charge in [-0.15, -0.1) is 11.3 Å². The van der Waals surface area contributed by atoms with Crippen molar-refractivity contribution in [3.63, 3.8) is 0 Å². The molecule has 1 aromatic carbocycles. The number of hydrogen-bond donors (Lipinski definition) is 0. The van der Waals surface area contributed by atoms with Crippen molar-refractivity contribution in [2.75, 3.05) is 7.11 Å². The second-order valence-corrected chi connectivity index (χ2v) is 5.58. The Bertz CT molecular complexity index is 636. The molecule has 1 aromatic heterocycles. The zero-order chi connectivity index (χ0) is 15.4. The number of methoxy groups -OCH3 is 1. The van der Waals surface area contributed by atoms with E-state index >= 15 is 0 Å². The van der Waals surface area contributed by atoms with Crippen LogP contribution in [0.2, 0.25) is 0 Å². The summed E-state index contributed by atoms with van der Waals surface area (Å²) in [5.74, 6) is 0.158. The van der Waals surface area contributed by atoms with Gasteiger partial charge in [0.15, 0.2) is 11.5 Å². The average Bonchev–Trinajstić information content (AvgIpc) is 2.86. The highest BCUT2D eigenvalue weighted by molar-refractivity contribution is 7.13. The zero-order valence-electron chi connectivity index (χ0n) is 12.1. The summed E-state index contributed by atoms with van der Waals surface area (Å²) in [6.45, 7) is 3.89. The molecule has 0 saturated heterocycles. The van der Waals surface area contributed by atoms with Crippen molar-refractivity contribution in [2.24, 2.45) is 0 Å². The maximum Gasteiger partial charge on any atom is 0.161 e. The molecule has 1 heterocycles. The third-order valence-electron chi connectivity index (χ3n) is 2.65. The molecule has 0 N–H and O–H groups in total. The Kier molecular flexibility index (Phi) is 4.80. The van der Waals surface area contributed by atoms with Crippen LogP contribution < -0.4 is 14.6 Å². The Labute approximate surface area is 127 Å². The van der Waals surface area contributed by atoms with Crippen molar-refractivity contribution in [1.29, 1.82) is 0 Å². The van der Waals surface area contributed by atoms with Crippen LogP contribution in [0.4, 0.5) is 0 Å². The summed E-state index contributed by atoms with van der Waals surface area (Å²) in [7, 11) is 1.58. The van der Waals surface area contributed by atoms with Gasteiger partial charge in [-0.2, -0.15) is 0 Å². The molecule has 0 aliphatic carbocycles. The van der Waals surface area contributed by atoms with E-state index in [1.165, 1.54) is 11.3 Å². The molecule has 0 aliphatic heterocycles. The Morgan fingerprint density at radius 1 is 1.38 bits per heavy atom. The second kappa shape index (κ2) is 6.58. The number of ether oxygens (including phenoxy) is 2. The lowest BCUT2D eigenvalue weighted by atomic mass is 10.2. The first-order chi connectivity index (χ1) is 9.99. The van der Waals surface area contributed by atoms with Gasteiger partial charge in [0.2, 0.25) is 0 Å². The molecule has 2 aromatic rings. The topological polar surface area (TPSA) is 71.5 Å². The number of rotatable bonds is 6. The number of carbonyl (C=O) groups is 1. The van der Waals surface area contributed by atoms with Crippen molar-refractivity contribution in [3.05, 3.63) is 29.3 Å². The molecule has 0 saturated carbocycles. The lowest BCUT2D eigenvalue weighted by Gasteiger charge is -2.14. The summed E-state index contributed by atoms with van der Waals surface area (Å²) >= 11 is 1.38. The SMILES string of the molecule is COc1cc(-c2nc(CC(=O)[O-])cs2)ccc1OC(C)C. The van der Waals surface area contributed by atoms with Crippen molar-refractivity contribution < 1.29 is 19.4 Å². The van der Waals surface area contributed by atoms with Gasteiger partial charge in [-0.25, -0.2) is 4.98 Å². The lowest BCUT2D eigenvalue weighted by Crippen LogP contribution is -2.24. The number of hydrogen-bond acceptors (Lipinski definition) is 6. The standard InChI is InChI=1S/C15H17NO4S/c1-9(2)20-12-5-4-10(6-13(12)19-3)15-16-11(8-21-15)7-14(17)18/h4-6,8-9H,7H2,1-3H3,(H,17,18)/p-1. The highest BCUT2D eigenvalue weighted by Crippen LogP contribution is 2.34. The van der Waals surface area contributed by atoms with Crippen molar-refractivity contribution >= 4 is 17.3 Å². The number of benzene rings is 1. The maximum atomic E-state index is 10.6. The third-order valence-corrected chi connectivity index (χ3v) is 3.59. The maximum absolute atomic E-state index is 10.6. The van der Waals surface area contributed by atoms with Crippen LogP contribution in [0.3, 0.4) is 0 Å². The fourth-order valence-corrected chi connectivity index (χ4v) is 2.64. The third kappa shape index (κ3) is 3.95. The fourth-order valence-electron chi connectivity index (χ4n) is 1.82. The molecule has 112 valence electrons. The molecule has 0 spiro atoms.